The number of halogens is 1. The first-order chi connectivity index (χ1) is 13.2. The molecule has 4 nitrogen and oxygen atoms in total. The number of thiazole rings is 1. The Labute approximate surface area is 169 Å². The standard InChI is InChI=1S/C21H15BrN2O2S/c1-26-18-11-10-13(22)12-15(18)20(25)23-16-7-3-2-6-14(16)21-24-17-8-4-5-9-19(17)27-21/h2-12H,1H3,(H,23,25). The Morgan fingerprint density at radius 2 is 1.85 bits per heavy atom. The van der Waals surface area contributed by atoms with Crippen molar-refractivity contribution >= 4 is 49.1 Å². The van der Waals surface area contributed by atoms with E-state index in [0.29, 0.717) is 17.0 Å². The number of methoxy groups -OCH3 is 1. The maximum atomic E-state index is 12.9. The minimum absolute atomic E-state index is 0.235. The van der Waals surface area contributed by atoms with Crippen LogP contribution in [0.5, 0.6) is 5.75 Å². The molecule has 0 radical (unpaired) electrons. The van der Waals surface area contributed by atoms with E-state index in [0.717, 1.165) is 25.3 Å². The van der Waals surface area contributed by atoms with Crippen LogP contribution in [0.1, 0.15) is 10.4 Å². The van der Waals surface area contributed by atoms with Gasteiger partial charge in [-0.05, 0) is 42.5 Å². The Morgan fingerprint density at radius 1 is 1.07 bits per heavy atom. The number of fused-ring (bicyclic) bond motifs is 1. The monoisotopic (exact) mass is 438 g/mol. The number of nitrogens with one attached hydrogen (secondary N) is 1. The lowest BCUT2D eigenvalue weighted by molar-refractivity contribution is 0.102. The zero-order valence-electron chi connectivity index (χ0n) is 14.4. The SMILES string of the molecule is COc1ccc(Br)cc1C(=O)Nc1ccccc1-c1nc2ccccc2s1. The van der Waals surface area contributed by atoms with Crippen molar-refractivity contribution in [3.05, 3.63) is 76.8 Å². The Hall–Kier alpha value is -2.70. The first kappa shape index (κ1) is 17.7. The molecule has 0 saturated carbocycles. The number of hydrogen-bond donors (Lipinski definition) is 1. The second kappa shape index (κ2) is 7.50. The van der Waals surface area contributed by atoms with E-state index in [-0.39, 0.29) is 5.91 Å². The van der Waals surface area contributed by atoms with Crippen LogP contribution in [0.4, 0.5) is 5.69 Å². The Kier molecular flexibility index (Phi) is 4.92. The van der Waals surface area contributed by atoms with Gasteiger partial charge in [0.25, 0.3) is 5.91 Å². The van der Waals surface area contributed by atoms with Crippen molar-refractivity contribution in [2.24, 2.45) is 0 Å². The Bertz CT molecular complexity index is 1110. The molecule has 0 aliphatic rings. The summed E-state index contributed by atoms with van der Waals surface area (Å²) < 4.78 is 7.25. The molecule has 1 amide bonds. The summed E-state index contributed by atoms with van der Waals surface area (Å²) >= 11 is 5.01. The van der Waals surface area contributed by atoms with Crippen LogP contribution >= 0.6 is 27.3 Å². The summed E-state index contributed by atoms with van der Waals surface area (Å²) in [6.07, 6.45) is 0. The predicted octanol–water partition coefficient (Wildman–Crippen LogP) is 5.99. The minimum atomic E-state index is -0.235. The lowest BCUT2D eigenvalue weighted by atomic mass is 10.1. The maximum absolute atomic E-state index is 12.9. The van der Waals surface area contributed by atoms with Gasteiger partial charge < -0.3 is 10.1 Å². The molecule has 0 fully saturated rings. The topological polar surface area (TPSA) is 51.2 Å². The number of carbonyl (C=O) groups is 1. The van der Waals surface area contributed by atoms with Crippen LogP contribution in [0, 0.1) is 0 Å². The fraction of sp³-hybridized carbons (Fsp3) is 0.0476. The Balaban J connectivity index is 1.71. The van der Waals surface area contributed by atoms with E-state index in [1.807, 2.05) is 54.6 Å². The first-order valence-electron chi connectivity index (χ1n) is 8.25. The molecule has 0 saturated heterocycles. The van der Waals surface area contributed by atoms with Gasteiger partial charge in [0.1, 0.15) is 10.8 Å². The maximum Gasteiger partial charge on any atom is 0.259 e. The Morgan fingerprint density at radius 3 is 2.67 bits per heavy atom. The summed E-state index contributed by atoms with van der Waals surface area (Å²) in [5.74, 6) is 0.287. The van der Waals surface area contributed by atoms with Crippen molar-refractivity contribution in [3.63, 3.8) is 0 Å². The number of carbonyl (C=O) groups excluding carboxylic acids is 1. The fourth-order valence-corrected chi connectivity index (χ4v) is 4.18. The number of nitrogens with zero attached hydrogens (tertiary/aromatic N) is 1. The zero-order valence-corrected chi connectivity index (χ0v) is 16.8. The molecule has 0 bridgehead atoms. The van der Waals surface area contributed by atoms with Crippen LogP contribution < -0.4 is 10.1 Å². The lowest BCUT2D eigenvalue weighted by Gasteiger charge is -2.12. The molecule has 3 aromatic carbocycles. The number of benzene rings is 3. The van der Waals surface area contributed by atoms with E-state index < -0.39 is 0 Å². The third-order valence-corrected chi connectivity index (χ3v) is 5.67. The summed E-state index contributed by atoms with van der Waals surface area (Å²) in [5, 5.41) is 3.87. The van der Waals surface area contributed by atoms with Gasteiger partial charge in [-0.25, -0.2) is 4.98 Å². The summed E-state index contributed by atoms with van der Waals surface area (Å²) in [7, 11) is 1.55. The van der Waals surface area contributed by atoms with Gasteiger partial charge in [-0.2, -0.15) is 0 Å². The van der Waals surface area contributed by atoms with E-state index in [2.05, 4.69) is 21.2 Å². The van der Waals surface area contributed by atoms with E-state index in [1.54, 1.807) is 30.6 Å². The van der Waals surface area contributed by atoms with E-state index in [9.17, 15) is 4.79 Å². The number of aromatic nitrogens is 1. The summed E-state index contributed by atoms with van der Waals surface area (Å²) in [6, 6.07) is 21.0. The van der Waals surface area contributed by atoms with Gasteiger partial charge in [-0.15, -0.1) is 11.3 Å². The van der Waals surface area contributed by atoms with E-state index in [4.69, 9.17) is 9.72 Å². The predicted molar refractivity (Wildman–Crippen MR) is 114 cm³/mol. The molecule has 1 heterocycles. The molecule has 1 aromatic heterocycles. The highest BCUT2D eigenvalue weighted by atomic mass is 79.9. The number of para-hydroxylation sites is 2. The van der Waals surface area contributed by atoms with Gasteiger partial charge in [0.2, 0.25) is 0 Å². The van der Waals surface area contributed by atoms with Crippen LogP contribution in [-0.4, -0.2) is 18.0 Å². The molecule has 0 aliphatic carbocycles. The highest BCUT2D eigenvalue weighted by Crippen LogP contribution is 2.35. The summed E-state index contributed by atoms with van der Waals surface area (Å²) in [5.41, 5.74) is 3.02. The molecule has 1 N–H and O–H groups in total. The molecule has 27 heavy (non-hydrogen) atoms. The molecule has 0 unspecified atom stereocenters. The van der Waals surface area contributed by atoms with Crippen LogP contribution in [0.3, 0.4) is 0 Å². The average Bonchev–Trinajstić information content (AvgIpc) is 3.12. The minimum Gasteiger partial charge on any atom is -0.496 e. The molecule has 0 aliphatic heterocycles. The lowest BCUT2D eigenvalue weighted by Crippen LogP contribution is -2.14. The number of ether oxygens (including phenoxy) is 1. The quantitative estimate of drug-likeness (QED) is 0.425. The van der Waals surface area contributed by atoms with Crippen molar-refractivity contribution in [1.29, 1.82) is 0 Å². The van der Waals surface area contributed by atoms with Gasteiger partial charge in [0.15, 0.2) is 0 Å². The van der Waals surface area contributed by atoms with Crippen molar-refractivity contribution in [1.82, 2.24) is 4.98 Å². The van der Waals surface area contributed by atoms with Crippen LogP contribution in [0.15, 0.2) is 71.2 Å². The number of rotatable bonds is 4. The van der Waals surface area contributed by atoms with Crippen LogP contribution in [-0.2, 0) is 0 Å². The molecular weight excluding hydrogens is 424 g/mol. The van der Waals surface area contributed by atoms with Crippen molar-refractivity contribution in [2.45, 2.75) is 0 Å². The van der Waals surface area contributed by atoms with Gasteiger partial charge in [-0.1, -0.05) is 40.2 Å². The van der Waals surface area contributed by atoms with Gasteiger partial charge in [0, 0.05) is 10.0 Å². The second-order valence-electron chi connectivity index (χ2n) is 5.83. The van der Waals surface area contributed by atoms with Crippen LogP contribution in [0.2, 0.25) is 0 Å². The molecule has 4 aromatic rings. The van der Waals surface area contributed by atoms with Gasteiger partial charge >= 0.3 is 0 Å². The number of hydrogen-bond acceptors (Lipinski definition) is 4. The van der Waals surface area contributed by atoms with Crippen molar-refractivity contribution in [2.75, 3.05) is 12.4 Å². The van der Waals surface area contributed by atoms with Crippen molar-refractivity contribution < 1.29 is 9.53 Å². The number of amides is 1. The van der Waals surface area contributed by atoms with E-state index in [1.165, 1.54) is 0 Å². The molecular formula is C21H15BrN2O2S. The highest BCUT2D eigenvalue weighted by Gasteiger charge is 2.16. The summed E-state index contributed by atoms with van der Waals surface area (Å²) in [6.45, 7) is 0. The third-order valence-electron chi connectivity index (χ3n) is 4.11. The fourth-order valence-electron chi connectivity index (χ4n) is 2.81. The normalized spacial score (nSPS) is 10.7. The van der Waals surface area contributed by atoms with E-state index >= 15 is 0 Å². The molecule has 4 rings (SSSR count). The molecule has 134 valence electrons. The zero-order chi connectivity index (χ0) is 18.8. The number of anilines is 1. The molecule has 0 atom stereocenters. The average molecular weight is 439 g/mol. The molecule has 0 spiro atoms. The second-order valence-corrected chi connectivity index (χ2v) is 7.78. The molecule has 6 heteroatoms. The largest absolute Gasteiger partial charge is 0.496 e. The van der Waals surface area contributed by atoms with Crippen molar-refractivity contribution in [3.8, 4) is 16.3 Å². The summed E-state index contributed by atoms with van der Waals surface area (Å²) in [4.78, 5) is 17.6. The highest BCUT2D eigenvalue weighted by molar-refractivity contribution is 9.10. The first-order valence-corrected chi connectivity index (χ1v) is 9.86. The third kappa shape index (κ3) is 3.59. The van der Waals surface area contributed by atoms with Gasteiger partial charge in [0.05, 0.1) is 28.6 Å². The van der Waals surface area contributed by atoms with Gasteiger partial charge in [-0.3, -0.25) is 4.79 Å². The smallest absolute Gasteiger partial charge is 0.259 e. The van der Waals surface area contributed by atoms with Crippen LogP contribution in [0.25, 0.3) is 20.8 Å².